The smallest absolute Gasteiger partial charge is 0.0729 e. The van der Waals surface area contributed by atoms with Gasteiger partial charge in [-0.1, -0.05) is 425 Å². The molecule has 458 valence electrons. The molecule has 0 aromatic rings. The Labute approximate surface area is 498 Å². The normalized spacial score (nSPS) is 11.8. The van der Waals surface area contributed by atoms with Crippen molar-refractivity contribution in [2.45, 2.75) is 445 Å². The second kappa shape index (κ2) is 74.5. The fourth-order valence-electron chi connectivity index (χ4n) is 11.7. The maximum absolute atomic E-state index is 2.39. The largest absolute Gasteiger partial charge is 0.112 e. The Morgan fingerprint density at radius 2 is 0.224 bits per heavy atom. The first-order valence-electron chi connectivity index (χ1n) is 36.5. The van der Waals surface area contributed by atoms with Crippen molar-refractivity contribution < 1.29 is 0 Å². The fourth-order valence-corrected chi connectivity index (χ4v) is 22.5. The molecule has 0 rings (SSSR count). The van der Waals surface area contributed by atoms with Gasteiger partial charge < -0.3 is 0 Å². The van der Waals surface area contributed by atoms with E-state index in [9.17, 15) is 0 Å². The third-order valence-electron chi connectivity index (χ3n) is 17.1. The van der Waals surface area contributed by atoms with Gasteiger partial charge in [-0.05, 0) is 36.5 Å². The average molecular weight is 1140 g/mol. The van der Waals surface area contributed by atoms with Crippen LogP contribution in [-0.4, -0.2) is 17.3 Å². The molecule has 0 fully saturated rings. The highest BCUT2D eigenvalue weighted by molar-refractivity contribution is 9.12. The Bertz CT molecular complexity index is 841. The van der Waals surface area contributed by atoms with Gasteiger partial charge in [0.15, 0.2) is 0 Å². The van der Waals surface area contributed by atoms with Gasteiger partial charge in [0.25, 0.3) is 0 Å². The van der Waals surface area contributed by atoms with E-state index in [4.69, 9.17) is 0 Å². The zero-order chi connectivity index (χ0) is 54.5. The second-order valence-corrected chi connectivity index (χ2v) is 35.1. The highest BCUT2D eigenvalue weighted by Gasteiger charge is 2.11. The molecule has 0 amide bonds. The first kappa shape index (κ1) is 77.5. The van der Waals surface area contributed by atoms with Crippen LogP contribution in [0.15, 0.2) is 0 Å². The van der Waals surface area contributed by atoms with Crippen molar-refractivity contribution in [3.8, 4) is 0 Å². The van der Waals surface area contributed by atoms with Gasteiger partial charge in [-0.3, -0.25) is 0 Å². The molecule has 0 unspecified atom stereocenters. The van der Waals surface area contributed by atoms with Gasteiger partial charge in [-0.2, -0.15) is 0 Å². The molecular weight excluding hydrogens is 992 g/mol. The molecule has 0 aromatic heterocycles. The number of unbranched alkanes of at least 4 members (excludes halogenated alkanes) is 63. The number of hydrogen-bond acceptors (Lipinski definition) is 3. The summed E-state index contributed by atoms with van der Waals surface area (Å²) in [4.78, 5) is 0. The lowest BCUT2D eigenvalue weighted by molar-refractivity contribution is 0.520. The molecule has 0 nitrogen and oxygen atoms in total. The van der Waals surface area contributed by atoms with Gasteiger partial charge in [-0.15, -0.1) is 34.1 Å². The van der Waals surface area contributed by atoms with E-state index in [1.165, 1.54) is 441 Å². The zero-order valence-electron chi connectivity index (χ0n) is 53.5. The minimum absolute atomic E-state index is 0.0460. The number of rotatable bonds is 72. The van der Waals surface area contributed by atoms with Crippen molar-refractivity contribution in [3.05, 3.63) is 0 Å². The zero-order valence-corrected chi connectivity index (χ0v) is 56.8. The van der Waals surface area contributed by atoms with Crippen molar-refractivity contribution in [2.24, 2.45) is 0 Å². The molecule has 0 aromatic carbocycles. The van der Waals surface area contributed by atoms with Crippen LogP contribution in [0.25, 0.3) is 0 Å². The summed E-state index contributed by atoms with van der Waals surface area (Å²) in [6.07, 6.45) is 97.6. The lowest BCUT2D eigenvalue weighted by Gasteiger charge is -2.15. The summed E-state index contributed by atoms with van der Waals surface area (Å²) in [5.41, 5.74) is 0.0460. The van der Waals surface area contributed by atoms with Crippen molar-refractivity contribution in [2.75, 3.05) is 17.3 Å². The van der Waals surface area contributed by atoms with Crippen LogP contribution in [0.3, 0.4) is 0 Å². The molecular formula is C72H147PS3. The molecule has 76 heavy (non-hydrogen) atoms. The lowest BCUT2D eigenvalue weighted by Crippen LogP contribution is -1.86. The summed E-state index contributed by atoms with van der Waals surface area (Å²) in [6, 6.07) is 0. The molecule has 0 bridgehead atoms. The average Bonchev–Trinajstić information content (AvgIpc) is 3.43. The molecule has 4 heteroatoms. The highest BCUT2D eigenvalue weighted by atomic mass is 33.4. The SMILES string of the molecule is CCCCCCCCCCCCCCCCCCCCCCCCSP(SCCCCCCCCCCCCCCCCCCCCCCCC)SCCCCCCCCCCCCCCCCCCCCCCCC. The highest BCUT2D eigenvalue weighted by Crippen LogP contribution is 2.70. The number of hydrogen-bond donors (Lipinski definition) is 0. The van der Waals surface area contributed by atoms with E-state index in [1.54, 1.807) is 0 Å². The van der Waals surface area contributed by atoms with Gasteiger partial charge in [-0.25, -0.2) is 0 Å². The van der Waals surface area contributed by atoms with E-state index < -0.39 is 0 Å². The van der Waals surface area contributed by atoms with Crippen LogP contribution in [-0.2, 0) is 0 Å². The van der Waals surface area contributed by atoms with Crippen molar-refractivity contribution in [3.63, 3.8) is 0 Å². The van der Waals surface area contributed by atoms with Crippen LogP contribution in [0.5, 0.6) is 0 Å². The van der Waals surface area contributed by atoms with Crippen molar-refractivity contribution in [1.29, 1.82) is 0 Å². The molecule has 0 saturated heterocycles. The van der Waals surface area contributed by atoms with E-state index in [0.29, 0.717) is 0 Å². The predicted octanol–water partition coefficient (Wildman–Crippen LogP) is 30.2. The Kier molecular flexibility index (Phi) is 75.9. The monoisotopic (exact) mass is 1140 g/mol. The molecule has 0 spiro atoms. The van der Waals surface area contributed by atoms with Gasteiger partial charge in [0, 0.05) is 0 Å². The van der Waals surface area contributed by atoms with Gasteiger partial charge >= 0.3 is 0 Å². The molecule has 0 saturated carbocycles. The summed E-state index contributed by atoms with van der Waals surface area (Å²) < 4.78 is 0. The summed E-state index contributed by atoms with van der Waals surface area (Å²) in [7, 11) is 0. The van der Waals surface area contributed by atoms with Crippen LogP contribution in [0.4, 0.5) is 0 Å². The summed E-state index contributed by atoms with van der Waals surface area (Å²) in [5.74, 6) is 4.26. The molecule has 0 atom stereocenters. The van der Waals surface area contributed by atoms with Gasteiger partial charge in [0.2, 0.25) is 0 Å². The molecule has 0 aliphatic heterocycles. The summed E-state index contributed by atoms with van der Waals surface area (Å²) in [5, 5.41) is 0. The van der Waals surface area contributed by atoms with Crippen molar-refractivity contribution >= 4 is 39.7 Å². The third-order valence-corrected chi connectivity index (χ3v) is 28.4. The van der Waals surface area contributed by atoms with E-state index >= 15 is 0 Å². The standard InChI is InChI=1S/C72H147PS3/c1-4-7-10-13-16-19-22-25-28-31-34-37-40-43-46-49-52-55-58-61-64-67-70-74-73(75-71-68-65-62-59-56-53-50-47-44-41-38-35-32-29-26-23-20-17-14-11-8-5-2)76-72-69-66-63-60-57-54-51-48-45-42-39-36-33-30-27-24-21-18-15-12-9-6-3/h4-72H2,1-3H3. The maximum Gasteiger partial charge on any atom is 0.0729 e. The molecule has 0 N–H and O–H groups in total. The molecule has 0 aliphatic carbocycles. The molecule has 0 aliphatic rings. The molecule has 0 heterocycles. The second-order valence-electron chi connectivity index (χ2n) is 25.0. The predicted molar refractivity (Wildman–Crippen MR) is 366 cm³/mol. The summed E-state index contributed by atoms with van der Waals surface area (Å²) >= 11 is 7.16. The Morgan fingerprint density at radius 1 is 0.132 bits per heavy atom. The lowest BCUT2D eigenvalue weighted by atomic mass is 10.0. The van der Waals surface area contributed by atoms with Crippen LogP contribution in [0.1, 0.15) is 445 Å². The van der Waals surface area contributed by atoms with Crippen LogP contribution in [0.2, 0.25) is 0 Å². The Morgan fingerprint density at radius 3 is 0.329 bits per heavy atom. The van der Waals surface area contributed by atoms with E-state index in [1.807, 2.05) is 0 Å². The Balaban J connectivity index is 3.99. The minimum atomic E-state index is 0.0460. The van der Waals surface area contributed by atoms with E-state index in [0.717, 1.165) is 0 Å². The van der Waals surface area contributed by atoms with E-state index in [-0.39, 0.29) is 5.53 Å². The van der Waals surface area contributed by atoms with E-state index in [2.05, 4.69) is 54.9 Å². The third kappa shape index (κ3) is 71.6. The first-order valence-corrected chi connectivity index (χ1v) is 42.6. The quantitative estimate of drug-likeness (QED) is 0.0440. The van der Waals surface area contributed by atoms with Crippen LogP contribution < -0.4 is 0 Å². The Hall–Kier alpha value is 1.48. The van der Waals surface area contributed by atoms with Gasteiger partial charge in [0.1, 0.15) is 0 Å². The topological polar surface area (TPSA) is 0 Å². The minimum Gasteiger partial charge on any atom is -0.112 e. The van der Waals surface area contributed by atoms with Crippen LogP contribution in [0, 0.1) is 0 Å². The molecule has 0 radical (unpaired) electrons. The maximum atomic E-state index is 2.39. The fraction of sp³-hybridized carbons (Fsp3) is 1.00. The summed E-state index contributed by atoms with van der Waals surface area (Å²) in [6.45, 7) is 6.96. The van der Waals surface area contributed by atoms with Gasteiger partial charge in [0.05, 0.1) is 5.53 Å². The van der Waals surface area contributed by atoms with Crippen molar-refractivity contribution in [1.82, 2.24) is 0 Å². The van der Waals surface area contributed by atoms with Crippen LogP contribution >= 0.6 is 39.7 Å². The first-order chi connectivity index (χ1) is 37.8.